The van der Waals surface area contributed by atoms with Gasteiger partial charge in [-0.1, -0.05) is 6.07 Å². The highest BCUT2D eigenvalue weighted by Gasteiger charge is 2.23. The molecule has 1 aliphatic rings. The van der Waals surface area contributed by atoms with Crippen molar-refractivity contribution in [1.82, 2.24) is 19.2 Å². The molecular formula is C16H16N6. The second kappa shape index (κ2) is 4.88. The highest BCUT2D eigenvalue weighted by atomic mass is 15.3. The first-order valence-corrected chi connectivity index (χ1v) is 7.38. The number of nitriles is 1. The maximum atomic E-state index is 9.10. The third-order valence-electron chi connectivity index (χ3n) is 4.10. The van der Waals surface area contributed by atoms with E-state index >= 15 is 0 Å². The van der Waals surface area contributed by atoms with Gasteiger partial charge in [0.15, 0.2) is 5.65 Å². The maximum Gasteiger partial charge on any atom is 0.153 e. The first-order chi connectivity index (χ1) is 10.8. The summed E-state index contributed by atoms with van der Waals surface area (Å²) in [5.41, 5.74) is 3.72. The van der Waals surface area contributed by atoms with E-state index in [0.29, 0.717) is 12.1 Å². The minimum atomic E-state index is 0.584. The Bertz CT molecular complexity index is 861. The number of anilines is 1. The van der Waals surface area contributed by atoms with Crippen molar-refractivity contribution in [2.75, 3.05) is 5.32 Å². The van der Waals surface area contributed by atoms with E-state index < -0.39 is 0 Å². The van der Waals surface area contributed by atoms with Gasteiger partial charge in [0.25, 0.3) is 0 Å². The van der Waals surface area contributed by atoms with Gasteiger partial charge in [-0.15, -0.1) is 0 Å². The van der Waals surface area contributed by atoms with E-state index in [1.165, 1.54) is 18.4 Å². The zero-order chi connectivity index (χ0) is 15.1. The molecule has 0 spiro atoms. The van der Waals surface area contributed by atoms with Gasteiger partial charge in [0.2, 0.25) is 0 Å². The average molecular weight is 292 g/mol. The summed E-state index contributed by atoms with van der Waals surface area (Å²) in [6, 6.07) is 6.34. The number of nitrogens with one attached hydrogen (secondary N) is 1. The highest BCUT2D eigenvalue weighted by Crippen LogP contribution is 2.39. The lowest BCUT2D eigenvalue weighted by Gasteiger charge is -2.05. The van der Waals surface area contributed by atoms with E-state index in [2.05, 4.69) is 27.5 Å². The van der Waals surface area contributed by atoms with Crippen LogP contribution < -0.4 is 5.32 Å². The molecule has 1 N–H and O–H groups in total. The molecule has 0 aromatic carbocycles. The number of aromatic nitrogens is 4. The van der Waals surface area contributed by atoms with E-state index in [0.717, 1.165) is 23.1 Å². The Labute approximate surface area is 128 Å². The van der Waals surface area contributed by atoms with E-state index in [-0.39, 0.29) is 0 Å². The summed E-state index contributed by atoms with van der Waals surface area (Å²) < 4.78 is 3.72. The van der Waals surface area contributed by atoms with Crippen LogP contribution >= 0.6 is 0 Å². The second-order valence-corrected chi connectivity index (χ2v) is 5.74. The highest BCUT2D eigenvalue weighted by molar-refractivity contribution is 5.56. The van der Waals surface area contributed by atoms with Gasteiger partial charge in [-0.3, -0.25) is 0 Å². The molecule has 3 aromatic heterocycles. The molecule has 0 aliphatic heterocycles. The summed E-state index contributed by atoms with van der Waals surface area (Å²) in [5.74, 6) is 1.58. The summed E-state index contributed by atoms with van der Waals surface area (Å²) in [6.07, 6.45) is 8.12. The zero-order valence-electron chi connectivity index (χ0n) is 12.3. The number of rotatable bonds is 4. The molecule has 6 nitrogen and oxygen atoms in total. The lowest BCUT2D eigenvalue weighted by atomic mass is 10.2. The summed E-state index contributed by atoms with van der Waals surface area (Å²) in [4.78, 5) is 4.46. The maximum absolute atomic E-state index is 9.10. The Morgan fingerprint density at radius 1 is 1.36 bits per heavy atom. The topological polar surface area (TPSA) is 70.9 Å². The monoisotopic (exact) mass is 292 g/mol. The average Bonchev–Trinajstić information content (AvgIpc) is 3.22. The van der Waals surface area contributed by atoms with Crippen molar-refractivity contribution in [3.63, 3.8) is 0 Å². The third-order valence-corrected chi connectivity index (χ3v) is 4.10. The minimum absolute atomic E-state index is 0.584. The normalized spacial score (nSPS) is 14.2. The fourth-order valence-corrected chi connectivity index (χ4v) is 2.78. The van der Waals surface area contributed by atoms with Gasteiger partial charge in [-0.2, -0.15) is 10.4 Å². The smallest absolute Gasteiger partial charge is 0.153 e. The molecule has 0 bridgehead atoms. The number of nitrogens with zero attached hydrogens (tertiary/aromatic N) is 5. The van der Waals surface area contributed by atoms with E-state index in [4.69, 9.17) is 5.26 Å². The van der Waals surface area contributed by atoms with Gasteiger partial charge >= 0.3 is 0 Å². The Morgan fingerprint density at radius 3 is 2.91 bits per heavy atom. The summed E-state index contributed by atoms with van der Waals surface area (Å²) in [5, 5.41) is 16.7. The van der Waals surface area contributed by atoms with Gasteiger partial charge in [0.05, 0.1) is 18.4 Å². The Morgan fingerprint density at radius 2 is 2.23 bits per heavy atom. The standard InChI is InChI=1S/C16H16N6/c1-21-10-14(22-16(21)13(6-17)8-20-22)9-19-15-5-4-12(7-18-15)11-2-3-11/h4-5,7-8,10-11H,2-3,9H2,1H3,(H,18,19). The molecule has 110 valence electrons. The SMILES string of the molecule is Cn1cc(CNc2ccc(C3CC3)cn2)n2ncc(C#N)c12. The second-order valence-electron chi connectivity index (χ2n) is 5.74. The fraction of sp³-hybridized carbons (Fsp3) is 0.312. The number of pyridine rings is 1. The van der Waals surface area contributed by atoms with Crippen LogP contribution in [0, 0.1) is 11.3 Å². The molecule has 1 aliphatic carbocycles. The van der Waals surface area contributed by atoms with Crippen molar-refractivity contribution in [2.45, 2.75) is 25.3 Å². The van der Waals surface area contributed by atoms with Crippen molar-refractivity contribution in [2.24, 2.45) is 7.05 Å². The zero-order valence-corrected chi connectivity index (χ0v) is 12.3. The van der Waals surface area contributed by atoms with E-state index in [1.807, 2.05) is 30.1 Å². The molecule has 0 saturated heterocycles. The molecule has 3 heterocycles. The Balaban J connectivity index is 1.54. The van der Waals surface area contributed by atoms with Crippen LogP contribution in [0.3, 0.4) is 0 Å². The van der Waals surface area contributed by atoms with Gasteiger partial charge in [0.1, 0.15) is 17.5 Å². The van der Waals surface area contributed by atoms with Crippen molar-refractivity contribution >= 4 is 11.5 Å². The molecule has 0 radical (unpaired) electrons. The number of fused-ring (bicyclic) bond motifs is 1. The molecule has 1 saturated carbocycles. The van der Waals surface area contributed by atoms with Crippen LogP contribution in [-0.4, -0.2) is 19.2 Å². The van der Waals surface area contributed by atoms with Crippen LogP contribution in [0.5, 0.6) is 0 Å². The molecule has 0 amide bonds. The van der Waals surface area contributed by atoms with Crippen molar-refractivity contribution in [1.29, 1.82) is 5.26 Å². The molecular weight excluding hydrogens is 276 g/mol. The molecule has 22 heavy (non-hydrogen) atoms. The lowest BCUT2D eigenvalue weighted by molar-refractivity contribution is 0.881. The fourth-order valence-electron chi connectivity index (χ4n) is 2.78. The number of imidazole rings is 1. The molecule has 3 aromatic rings. The van der Waals surface area contributed by atoms with Gasteiger partial charge in [-0.05, 0) is 30.4 Å². The van der Waals surface area contributed by atoms with Crippen LogP contribution in [0.25, 0.3) is 5.65 Å². The van der Waals surface area contributed by atoms with Crippen LogP contribution in [0.4, 0.5) is 5.82 Å². The van der Waals surface area contributed by atoms with Crippen molar-refractivity contribution in [3.05, 3.63) is 47.5 Å². The van der Waals surface area contributed by atoms with Crippen molar-refractivity contribution < 1.29 is 0 Å². The minimum Gasteiger partial charge on any atom is -0.364 e. The van der Waals surface area contributed by atoms with Crippen LogP contribution in [0.2, 0.25) is 0 Å². The first-order valence-electron chi connectivity index (χ1n) is 7.38. The summed E-state index contributed by atoms with van der Waals surface area (Å²) in [7, 11) is 1.92. The van der Waals surface area contributed by atoms with Gasteiger partial charge in [0, 0.05) is 19.4 Å². The molecule has 0 unspecified atom stereocenters. The van der Waals surface area contributed by atoms with E-state index in [1.54, 1.807) is 10.7 Å². The van der Waals surface area contributed by atoms with Crippen LogP contribution in [0.1, 0.15) is 35.6 Å². The van der Waals surface area contributed by atoms with Crippen LogP contribution in [0.15, 0.2) is 30.7 Å². The molecule has 1 fully saturated rings. The molecule has 0 atom stereocenters. The molecule has 6 heteroatoms. The Hall–Kier alpha value is -2.81. The summed E-state index contributed by atoms with van der Waals surface area (Å²) >= 11 is 0. The lowest BCUT2D eigenvalue weighted by Crippen LogP contribution is -2.04. The summed E-state index contributed by atoms with van der Waals surface area (Å²) in [6.45, 7) is 0.611. The van der Waals surface area contributed by atoms with E-state index in [9.17, 15) is 0 Å². The van der Waals surface area contributed by atoms with Crippen LogP contribution in [-0.2, 0) is 13.6 Å². The predicted molar refractivity (Wildman–Crippen MR) is 82.4 cm³/mol. The number of hydrogen-bond donors (Lipinski definition) is 1. The van der Waals surface area contributed by atoms with Crippen molar-refractivity contribution in [3.8, 4) is 6.07 Å². The predicted octanol–water partition coefficient (Wildman–Crippen LogP) is 2.43. The number of aryl methyl sites for hydroxylation is 1. The largest absolute Gasteiger partial charge is 0.364 e. The quantitative estimate of drug-likeness (QED) is 0.801. The molecule has 4 rings (SSSR count). The van der Waals surface area contributed by atoms with Gasteiger partial charge < -0.3 is 9.88 Å². The first kappa shape index (κ1) is 12.9. The third kappa shape index (κ3) is 2.11. The van der Waals surface area contributed by atoms with Gasteiger partial charge in [-0.25, -0.2) is 9.50 Å². The Kier molecular flexibility index (Phi) is 2.86. The number of hydrogen-bond acceptors (Lipinski definition) is 4.